The molecule has 0 bridgehead atoms. The smallest absolute Gasteiger partial charge is 0.0334 e. The molecule has 0 amide bonds. The largest absolute Gasteiger partial charge is 0.329 e. The zero-order valence-electron chi connectivity index (χ0n) is 13.6. The second-order valence-electron chi connectivity index (χ2n) is 6.69. The average molecular weight is 268 g/mol. The van der Waals surface area contributed by atoms with Crippen molar-refractivity contribution in [2.75, 3.05) is 13.1 Å². The molecule has 0 radical (unpaired) electrons. The van der Waals surface area contributed by atoms with Gasteiger partial charge in [0.2, 0.25) is 0 Å². The van der Waals surface area contributed by atoms with Gasteiger partial charge in [-0.1, -0.05) is 51.9 Å². The molecule has 0 atom stereocenters. The molecule has 0 heterocycles. The second kappa shape index (κ2) is 8.97. The molecule has 1 fully saturated rings. The molecule has 1 rings (SSSR count). The van der Waals surface area contributed by atoms with Crippen LogP contribution in [0.15, 0.2) is 0 Å². The molecule has 1 aliphatic rings. The zero-order valence-corrected chi connectivity index (χ0v) is 13.6. The van der Waals surface area contributed by atoms with Gasteiger partial charge in [-0.15, -0.1) is 0 Å². The molecule has 0 spiro atoms. The molecule has 0 aromatic carbocycles. The molecule has 0 saturated heterocycles. The maximum atomic E-state index is 6.26. The summed E-state index contributed by atoms with van der Waals surface area (Å²) in [5.41, 5.74) is 6.55. The summed E-state index contributed by atoms with van der Waals surface area (Å²) in [6.45, 7) is 9.07. The third kappa shape index (κ3) is 5.07. The van der Waals surface area contributed by atoms with Crippen molar-refractivity contribution in [2.24, 2.45) is 5.73 Å². The standard InChI is InChI=1S/C17H36N2/c1-4-5-11-14-19(16(2)3)17(15-18)12-9-7-6-8-10-13-17/h16H,4-15,18H2,1-3H3. The predicted octanol–water partition coefficient (Wildman–Crippen LogP) is 4.33. The Labute approximate surface area is 121 Å². The Hall–Kier alpha value is -0.0800. The minimum absolute atomic E-state index is 0.294. The lowest BCUT2D eigenvalue weighted by Crippen LogP contribution is -2.57. The van der Waals surface area contributed by atoms with E-state index in [0.29, 0.717) is 11.6 Å². The van der Waals surface area contributed by atoms with E-state index in [1.807, 2.05) is 0 Å². The van der Waals surface area contributed by atoms with Crippen molar-refractivity contribution in [3.05, 3.63) is 0 Å². The van der Waals surface area contributed by atoms with Crippen LogP contribution in [0.5, 0.6) is 0 Å². The first kappa shape index (κ1) is 17.0. The lowest BCUT2D eigenvalue weighted by Gasteiger charge is -2.47. The van der Waals surface area contributed by atoms with Crippen LogP contribution >= 0.6 is 0 Å². The van der Waals surface area contributed by atoms with Crippen LogP contribution in [-0.4, -0.2) is 29.6 Å². The summed E-state index contributed by atoms with van der Waals surface area (Å²) >= 11 is 0. The maximum absolute atomic E-state index is 6.26. The van der Waals surface area contributed by atoms with Gasteiger partial charge in [-0.05, 0) is 39.7 Å². The molecule has 0 unspecified atom stereocenters. The molecule has 1 aliphatic carbocycles. The minimum atomic E-state index is 0.294. The van der Waals surface area contributed by atoms with Crippen LogP contribution in [0.2, 0.25) is 0 Å². The van der Waals surface area contributed by atoms with Crippen LogP contribution in [0.25, 0.3) is 0 Å². The monoisotopic (exact) mass is 268 g/mol. The summed E-state index contributed by atoms with van der Waals surface area (Å²) in [5, 5.41) is 0. The fourth-order valence-electron chi connectivity index (χ4n) is 3.75. The molecule has 19 heavy (non-hydrogen) atoms. The van der Waals surface area contributed by atoms with Gasteiger partial charge in [0.1, 0.15) is 0 Å². The summed E-state index contributed by atoms with van der Waals surface area (Å²) < 4.78 is 0. The van der Waals surface area contributed by atoms with E-state index in [0.717, 1.165) is 6.54 Å². The normalized spacial score (nSPS) is 20.5. The van der Waals surface area contributed by atoms with Gasteiger partial charge in [0.15, 0.2) is 0 Å². The molecule has 1 saturated carbocycles. The maximum Gasteiger partial charge on any atom is 0.0334 e. The van der Waals surface area contributed by atoms with Gasteiger partial charge in [-0.3, -0.25) is 4.90 Å². The Morgan fingerprint density at radius 2 is 1.58 bits per heavy atom. The molecule has 114 valence electrons. The first-order chi connectivity index (χ1) is 9.16. The number of nitrogens with zero attached hydrogens (tertiary/aromatic N) is 1. The fraction of sp³-hybridized carbons (Fsp3) is 1.00. The van der Waals surface area contributed by atoms with Crippen LogP contribution in [-0.2, 0) is 0 Å². The lowest BCUT2D eigenvalue weighted by atomic mass is 9.81. The highest BCUT2D eigenvalue weighted by molar-refractivity contribution is 4.94. The Morgan fingerprint density at radius 3 is 2.05 bits per heavy atom. The van der Waals surface area contributed by atoms with E-state index < -0.39 is 0 Å². The van der Waals surface area contributed by atoms with Crippen LogP contribution in [0, 0.1) is 0 Å². The highest BCUT2D eigenvalue weighted by Crippen LogP contribution is 2.32. The van der Waals surface area contributed by atoms with Crippen molar-refractivity contribution in [1.82, 2.24) is 4.90 Å². The first-order valence-corrected chi connectivity index (χ1v) is 8.63. The molecular formula is C17H36N2. The summed E-state index contributed by atoms with van der Waals surface area (Å²) in [5.74, 6) is 0. The number of unbranched alkanes of at least 4 members (excludes halogenated alkanes) is 2. The topological polar surface area (TPSA) is 29.3 Å². The van der Waals surface area contributed by atoms with E-state index in [4.69, 9.17) is 5.73 Å². The predicted molar refractivity (Wildman–Crippen MR) is 85.5 cm³/mol. The van der Waals surface area contributed by atoms with E-state index in [9.17, 15) is 0 Å². The lowest BCUT2D eigenvalue weighted by molar-refractivity contribution is 0.0368. The third-order valence-corrected chi connectivity index (χ3v) is 4.90. The molecule has 0 aromatic heterocycles. The number of nitrogens with two attached hydrogens (primary N) is 1. The van der Waals surface area contributed by atoms with Crippen molar-refractivity contribution < 1.29 is 0 Å². The van der Waals surface area contributed by atoms with Crippen LogP contribution in [0.3, 0.4) is 0 Å². The van der Waals surface area contributed by atoms with Gasteiger partial charge in [-0.25, -0.2) is 0 Å². The molecule has 0 aliphatic heterocycles. The van der Waals surface area contributed by atoms with E-state index in [-0.39, 0.29) is 0 Å². The Balaban J connectivity index is 2.72. The zero-order chi connectivity index (χ0) is 14.1. The Morgan fingerprint density at radius 1 is 1.00 bits per heavy atom. The van der Waals surface area contributed by atoms with Crippen molar-refractivity contribution >= 4 is 0 Å². The second-order valence-corrected chi connectivity index (χ2v) is 6.69. The van der Waals surface area contributed by atoms with Crippen molar-refractivity contribution in [3.8, 4) is 0 Å². The van der Waals surface area contributed by atoms with E-state index in [2.05, 4.69) is 25.7 Å². The van der Waals surface area contributed by atoms with Crippen LogP contribution in [0.1, 0.15) is 85.0 Å². The summed E-state index contributed by atoms with van der Waals surface area (Å²) in [4.78, 5) is 2.74. The molecular weight excluding hydrogens is 232 g/mol. The number of rotatable bonds is 7. The summed E-state index contributed by atoms with van der Waals surface area (Å²) in [6.07, 6.45) is 13.6. The van der Waals surface area contributed by atoms with Gasteiger partial charge in [0.05, 0.1) is 0 Å². The summed E-state index contributed by atoms with van der Waals surface area (Å²) in [7, 11) is 0. The highest BCUT2D eigenvalue weighted by atomic mass is 15.2. The van der Waals surface area contributed by atoms with Crippen LogP contribution in [0.4, 0.5) is 0 Å². The van der Waals surface area contributed by atoms with E-state index in [1.165, 1.54) is 70.8 Å². The molecule has 2 heteroatoms. The highest BCUT2D eigenvalue weighted by Gasteiger charge is 2.36. The SMILES string of the molecule is CCCCCN(C(C)C)C1(CN)CCCCCCC1. The fourth-order valence-corrected chi connectivity index (χ4v) is 3.75. The van der Waals surface area contributed by atoms with Crippen molar-refractivity contribution in [2.45, 2.75) is 96.6 Å². The number of hydrogen-bond donors (Lipinski definition) is 1. The Bertz CT molecular complexity index is 217. The van der Waals surface area contributed by atoms with Gasteiger partial charge in [0.25, 0.3) is 0 Å². The minimum Gasteiger partial charge on any atom is -0.329 e. The van der Waals surface area contributed by atoms with E-state index >= 15 is 0 Å². The average Bonchev–Trinajstić information content (AvgIpc) is 2.36. The molecule has 2 nitrogen and oxygen atoms in total. The van der Waals surface area contributed by atoms with Gasteiger partial charge in [0, 0.05) is 18.1 Å². The van der Waals surface area contributed by atoms with Crippen molar-refractivity contribution in [1.29, 1.82) is 0 Å². The van der Waals surface area contributed by atoms with E-state index in [1.54, 1.807) is 0 Å². The Kier molecular flexibility index (Phi) is 8.01. The summed E-state index contributed by atoms with van der Waals surface area (Å²) in [6, 6.07) is 0.625. The molecule has 0 aromatic rings. The van der Waals surface area contributed by atoms with Crippen LogP contribution < -0.4 is 5.73 Å². The quantitative estimate of drug-likeness (QED) is 0.696. The van der Waals surface area contributed by atoms with Crippen molar-refractivity contribution in [3.63, 3.8) is 0 Å². The molecule has 2 N–H and O–H groups in total. The van der Waals surface area contributed by atoms with Gasteiger partial charge in [-0.2, -0.15) is 0 Å². The van der Waals surface area contributed by atoms with Gasteiger partial charge >= 0.3 is 0 Å². The third-order valence-electron chi connectivity index (χ3n) is 4.90. The van der Waals surface area contributed by atoms with Gasteiger partial charge < -0.3 is 5.73 Å². The number of hydrogen-bond acceptors (Lipinski definition) is 2. The first-order valence-electron chi connectivity index (χ1n) is 8.63.